The highest BCUT2D eigenvalue weighted by atomic mass is 19.1. The molecule has 0 aliphatic carbocycles. The first kappa shape index (κ1) is 10.7. The molecule has 0 aliphatic heterocycles. The van der Waals surface area contributed by atoms with E-state index in [0.29, 0.717) is 11.3 Å². The van der Waals surface area contributed by atoms with Crippen LogP contribution in [-0.4, -0.2) is 0 Å². The quantitative estimate of drug-likeness (QED) is 0.721. The maximum Gasteiger partial charge on any atom is 0.126 e. The van der Waals surface area contributed by atoms with Gasteiger partial charge in [0.25, 0.3) is 0 Å². The monoisotopic (exact) mass is 215 g/mol. The Balaban J connectivity index is 2.63. The van der Waals surface area contributed by atoms with Crippen molar-refractivity contribution in [3.8, 4) is 11.1 Å². The molecular weight excluding hydrogens is 201 g/mol. The highest BCUT2D eigenvalue weighted by molar-refractivity contribution is 5.71. The second-order valence-electron chi connectivity index (χ2n) is 4.04. The fourth-order valence-electron chi connectivity index (χ4n) is 1.89. The Morgan fingerprint density at radius 2 is 1.81 bits per heavy atom. The van der Waals surface area contributed by atoms with Gasteiger partial charge in [0.15, 0.2) is 0 Å². The predicted molar refractivity (Wildman–Crippen MR) is 65.7 cm³/mol. The van der Waals surface area contributed by atoms with Crippen LogP contribution in [0.4, 0.5) is 10.1 Å². The van der Waals surface area contributed by atoms with E-state index in [1.165, 1.54) is 6.07 Å². The second-order valence-corrected chi connectivity index (χ2v) is 4.04. The SMILES string of the molecule is Cc1cc(N)cc(-c2cccc(F)c2C)c1. The fraction of sp³-hybridized carbons (Fsp3) is 0.143. The lowest BCUT2D eigenvalue weighted by atomic mass is 9.98. The Morgan fingerprint density at radius 1 is 1.06 bits per heavy atom. The molecule has 2 heteroatoms. The summed E-state index contributed by atoms with van der Waals surface area (Å²) in [5.74, 6) is -0.183. The van der Waals surface area contributed by atoms with Gasteiger partial charge in [-0.2, -0.15) is 0 Å². The van der Waals surface area contributed by atoms with Crippen molar-refractivity contribution in [2.75, 3.05) is 5.73 Å². The summed E-state index contributed by atoms with van der Waals surface area (Å²) in [6, 6.07) is 10.9. The normalized spacial score (nSPS) is 10.4. The summed E-state index contributed by atoms with van der Waals surface area (Å²) in [7, 11) is 0. The molecule has 0 spiro atoms. The highest BCUT2D eigenvalue weighted by Gasteiger charge is 2.06. The van der Waals surface area contributed by atoms with Gasteiger partial charge in [0.1, 0.15) is 5.82 Å². The van der Waals surface area contributed by atoms with E-state index >= 15 is 0 Å². The number of aryl methyl sites for hydroxylation is 1. The number of nitrogens with two attached hydrogens (primary N) is 1. The standard InChI is InChI=1S/C14H14FN/c1-9-6-11(8-12(16)7-9)13-4-3-5-14(15)10(13)2/h3-8H,16H2,1-2H3. The number of nitrogen functional groups attached to an aromatic ring is 1. The van der Waals surface area contributed by atoms with Crippen LogP contribution in [-0.2, 0) is 0 Å². The van der Waals surface area contributed by atoms with E-state index in [2.05, 4.69) is 0 Å². The fourth-order valence-corrected chi connectivity index (χ4v) is 1.89. The van der Waals surface area contributed by atoms with Crippen LogP contribution in [0.3, 0.4) is 0 Å². The Labute approximate surface area is 94.7 Å². The van der Waals surface area contributed by atoms with E-state index in [-0.39, 0.29) is 5.82 Å². The van der Waals surface area contributed by atoms with E-state index in [1.54, 1.807) is 13.0 Å². The van der Waals surface area contributed by atoms with Crippen LogP contribution in [0.25, 0.3) is 11.1 Å². The Kier molecular flexibility index (Phi) is 2.65. The Morgan fingerprint density at radius 3 is 2.50 bits per heavy atom. The average Bonchev–Trinajstić information content (AvgIpc) is 2.20. The van der Waals surface area contributed by atoms with Crippen LogP contribution in [0.15, 0.2) is 36.4 Å². The third kappa shape index (κ3) is 1.91. The molecule has 0 aliphatic rings. The van der Waals surface area contributed by atoms with Crippen molar-refractivity contribution >= 4 is 5.69 Å². The lowest BCUT2D eigenvalue weighted by Crippen LogP contribution is -1.91. The van der Waals surface area contributed by atoms with Gasteiger partial charge in [-0.25, -0.2) is 4.39 Å². The first-order chi connectivity index (χ1) is 7.58. The van der Waals surface area contributed by atoms with E-state index in [4.69, 9.17) is 5.73 Å². The molecule has 2 aromatic rings. The van der Waals surface area contributed by atoms with Crippen molar-refractivity contribution in [2.45, 2.75) is 13.8 Å². The summed E-state index contributed by atoms with van der Waals surface area (Å²) in [6.45, 7) is 3.76. The minimum absolute atomic E-state index is 0.183. The van der Waals surface area contributed by atoms with Gasteiger partial charge in [0.2, 0.25) is 0 Å². The van der Waals surface area contributed by atoms with Crippen molar-refractivity contribution in [3.05, 3.63) is 53.3 Å². The van der Waals surface area contributed by atoms with Crippen LogP contribution >= 0.6 is 0 Å². The topological polar surface area (TPSA) is 26.0 Å². The Bertz CT molecular complexity index is 512. The molecule has 0 aromatic heterocycles. The molecule has 16 heavy (non-hydrogen) atoms. The van der Waals surface area contributed by atoms with Gasteiger partial charge < -0.3 is 5.73 Å². The Hall–Kier alpha value is -1.83. The van der Waals surface area contributed by atoms with Crippen LogP contribution < -0.4 is 5.73 Å². The summed E-state index contributed by atoms with van der Waals surface area (Å²) in [6.07, 6.45) is 0. The molecule has 2 aromatic carbocycles. The molecule has 0 amide bonds. The second kappa shape index (κ2) is 3.97. The van der Waals surface area contributed by atoms with Gasteiger partial charge in [-0.05, 0) is 54.3 Å². The molecule has 0 saturated heterocycles. The van der Waals surface area contributed by atoms with E-state index < -0.39 is 0 Å². The lowest BCUT2D eigenvalue weighted by Gasteiger charge is -2.08. The third-order valence-electron chi connectivity index (χ3n) is 2.68. The summed E-state index contributed by atoms with van der Waals surface area (Å²) >= 11 is 0. The number of rotatable bonds is 1. The van der Waals surface area contributed by atoms with E-state index in [9.17, 15) is 4.39 Å². The largest absolute Gasteiger partial charge is 0.399 e. The summed E-state index contributed by atoms with van der Waals surface area (Å²) < 4.78 is 13.4. The summed E-state index contributed by atoms with van der Waals surface area (Å²) in [5, 5.41) is 0. The average molecular weight is 215 g/mol. The number of anilines is 1. The van der Waals surface area contributed by atoms with Gasteiger partial charge in [0.05, 0.1) is 0 Å². The summed E-state index contributed by atoms with van der Waals surface area (Å²) in [5.41, 5.74) is 10.1. The number of hydrogen-bond donors (Lipinski definition) is 1. The van der Waals surface area contributed by atoms with Crippen LogP contribution in [0.2, 0.25) is 0 Å². The number of benzene rings is 2. The van der Waals surface area contributed by atoms with Crippen molar-refractivity contribution in [3.63, 3.8) is 0 Å². The number of halogens is 1. The summed E-state index contributed by atoms with van der Waals surface area (Å²) in [4.78, 5) is 0. The van der Waals surface area contributed by atoms with Crippen LogP contribution in [0.1, 0.15) is 11.1 Å². The molecule has 0 atom stereocenters. The van der Waals surface area contributed by atoms with Crippen molar-refractivity contribution in [2.24, 2.45) is 0 Å². The molecule has 2 N–H and O–H groups in total. The molecule has 1 nitrogen and oxygen atoms in total. The number of hydrogen-bond acceptors (Lipinski definition) is 1. The van der Waals surface area contributed by atoms with Gasteiger partial charge in [0, 0.05) is 5.69 Å². The highest BCUT2D eigenvalue weighted by Crippen LogP contribution is 2.27. The van der Waals surface area contributed by atoms with Gasteiger partial charge in [-0.3, -0.25) is 0 Å². The molecule has 82 valence electrons. The molecule has 0 unspecified atom stereocenters. The van der Waals surface area contributed by atoms with Crippen molar-refractivity contribution in [1.82, 2.24) is 0 Å². The van der Waals surface area contributed by atoms with Crippen molar-refractivity contribution in [1.29, 1.82) is 0 Å². The smallest absolute Gasteiger partial charge is 0.126 e. The zero-order chi connectivity index (χ0) is 11.7. The van der Waals surface area contributed by atoms with Gasteiger partial charge >= 0.3 is 0 Å². The molecule has 0 saturated carbocycles. The maximum atomic E-state index is 13.4. The molecule has 0 bridgehead atoms. The van der Waals surface area contributed by atoms with Crippen molar-refractivity contribution < 1.29 is 4.39 Å². The molecule has 0 heterocycles. The maximum absolute atomic E-state index is 13.4. The minimum atomic E-state index is -0.183. The molecule has 0 fully saturated rings. The first-order valence-electron chi connectivity index (χ1n) is 5.20. The van der Waals surface area contributed by atoms with E-state index in [0.717, 1.165) is 16.7 Å². The third-order valence-corrected chi connectivity index (χ3v) is 2.68. The van der Waals surface area contributed by atoms with E-state index in [1.807, 2.05) is 31.2 Å². The predicted octanol–water partition coefficient (Wildman–Crippen LogP) is 3.69. The minimum Gasteiger partial charge on any atom is -0.399 e. The zero-order valence-electron chi connectivity index (χ0n) is 9.42. The molecule has 2 rings (SSSR count). The van der Waals surface area contributed by atoms with Gasteiger partial charge in [-0.1, -0.05) is 18.2 Å². The zero-order valence-corrected chi connectivity index (χ0v) is 9.42. The van der Waals surface area contributed by atoms with Crippen LogP contribution in [0, 0.1) is 19.7 Å². The molecular formula is C14H14FN. The van der Waals surface area contributed by atoms with Gasteiger partial charge in [-0.15, -0.1) is 0 Å². The molecule has 0 radical (unpaired) electrons. The van der Waals surface area contributed by atoms with Crippen LogP contribution in [0.5, 0.6) is 0 Å². The first-order valence-corrected chi connectivity index (χ1v) is 5.20. The lowest BCUT2D eigenvalue weighted by molar-refractivity contribution is 0.619.